The Morgan fingerprint density at radius 2 is 2.24 bits per heavy atom. The van der Waals surface area contributed by atoms with Gasteiger partial charge in [0.05, 0.1) is 17.3 Å². The SMILES string of the molecule is CC1CN(C(=O)c2c[nH]c3ccc(N)cc23)CC(C)(C)O1. The van der Waals surface area contributed by atoms with E-state index < -0.39 is 0 Å². The highest BCUT2D eigenvalue weighted by molar-refractivity contribution is 6.07. The molecule has 1 unspecified atom stereocenters. The number of ether oxygens (including phenoxy) is 1. The largest absolute Gasteiger partial charge is 0.399 e. The van der Waals surface area contributed by atoms with Crippen LogP contribution in [-0.4, -0.2) is 40.6 Å². The van der Waals surface area contributed by atoms with Gasteiger partial charge in [-0.2, -0.15) is 0 Å². The summed E-state index contributed by atoms with van der Waals surface area (Å²) in [7, 11) is 0. The van der Waals surface area contributed by atoms with E-state index in [2.05, 4.69) is 4.98 Å². The molecule has 1 aliphatic heterocycles. The maximum absolute atomic E-state index is 12.8. The molecule has 5 nitrogen and oxygen atoms in total. The van der Waals surface area contributed by atoms with Gasteiger partial charge < -0.3 is 20.4 Å². The Hall–Kier alpha value is -2.01. The van der Waals surface area contributed by atoms with Crippen molar-refractivity contribution in [2.75, 3.05) is 18.8 Å². The molecule has 3 N–H and O–H groups in total. The summed E-state index contributed by atoms with van der Waals surface area (Å²) in [6, 6.07) is 5.56. The lowest BCUT2D eigenvalue weighted by atomic mass is 10.0. The fourth-order valence-corrected chi connectivity index (χ4v) is 3.09. The Bertz CT molecular complexity index is 690. The molecule has 0 aliphatic carbocycles. The number of aromatic nitrogens is 1. The summed E-state index contributed by atoms with van der Waals surface area (Å²) in [5, 5.41) is 0.872. The van der Waals surface area contributed by atoms with Crippen molar-refractivity contribution in [2.45, 2.75) is 32.5 Å². The van der Waals surface area contributed by atoms with E-state index in [9.17, 15) is 4.79 Å². The summed E-state index contributed by atoms with van der Waals surface area (Å²) in [5.74, 6) is 0.0232. The number of benzene rings is 1. The molecule has 0 saturated carbocycles. The van der Waals surface area contributed by atoms with E-state index in [1.165, 1.54) is 0 Å². The summed E-state index contributed by atoms with van der Waals surface area (Å²) in [4.78, 5) is 17.8. The van der Waals surface area contributed by atoms with Gasteiger partial charge in [-0.25, -0.2) is 0 Å². The van der Waals surface area contributed by atoms with E-state index in [1.54, 1.807) is 6.20 Å². The molecule has 21 heavy (non-hydrogen) atoms. The van der Waals surface area contributed by atoms with Crippen LogP contribution in [0.4, 0.5) is 5.69 Å². The molecule has 3 rings (SSSR count). The number of fused-ring (bicyclic) bond motifs is 1. The van der Waals surface area contributed by atoms with Crippen LogP contribution in [0.3, 0.4) is 0 Å². The molecule has 5 heteroatoms. The first-order chi connectivity index (χ1) is 9.85. The molecule has 1 amide bonds. The van der Waals surface area contributed by atoms with Crippen LogP contribution in [0.1, 0.15) is 31.1 Å². The van der Waals surface area contributed by atoms with Gasteiger partial charge in [-0.05, 0) is 39.0 Å². The first-order valence-electron chi connectivity index (χ1n) is 7.19. The van der Waals surface area contributed by atoms with Gasteiger partial charge in [0.25, 0.3) is 5.91 Å². The van der Waals surface area contributed by atoms with Gasteiger partial charge >= 0.3 is 0 Å². The molecule has 0 bridgehead atoms. The molecule has 1 saturated heterocycles. The lowest BCUT2D eigenvalue weighted by Gasteiger charge is -2.41. The minimum Gasteiger partial charge on any atom is -0.399 e. The topological polar surface area (TPSA) is 71.4 Å². The van der Waals surface area contributed by atoms with Gasteiger partial charge in [0, 0.05) is 35.9 Å². The lowest BCUT2D eigenvalue weighted by Crippen LogP contribution is -2.53. The number of H-pyrrole nitrogens is 1. The number of aromatic amines is 1. The Morgan fingerprint density at radius 3 is 2.95 bits per heavy atom. The molecule has 1 aliphatic rings. The van der Waals surface area contributed by atoms with E-state index in [-0.39, 0.29) is 17.6 Å². The van der Waals surface area contributed by atoms with E-state index in [0.29, 0.717) is 24.3 Å². The molecule has 1 atom stereocenters. The zero-order chi connectivity index (χ0) is 15.2. The molecule has 2 aromatic rings. The maximum atomic E-state index is 12.8. The Balaban J connectivity index is 1.95. The third-order valence-corrected chi connectivity index (χ3v) is 3.79. The number of hydrogen-bond acceptors (Lipinski definition) is 3. The summed E-state index contributed by atoms with van der Waals surface area (Å²) in [6.45, 7) is 7.21. The molecule has 2 heterocycles. The van der Waals surface area contributed by atoms with Crippen LogP contribution < -0.4 is 5.73 Å². The van der Waals surface area contributed by atoms with Crippen LogP contribution in [-0.2, 0) is 4.74 Å². The number of hydrogen-bond donors (Lipinski definition) is 2. The zero-order valence-electron chi connectivity index (χ0n) is 12.6. The predicted molar refractivity (Wildman–Crippen MR) is 83.2 cm³/mol. The van der Waals surface area contributed by atoms with Crippen molar-refractivity contribution in [3.63, 3.8) is 0 Å². The summed E-state index contributed by atoms with van der Waals surface area (Å²) in [6.07, 6.45) is 1.80. The van der Waals surface area contributed by atoms with E-state index in [0.717, 1.165) is 10.9 Å². The second-order valence-electron chi connectivity index (χ2n) is 6.38. The minimum absolute atomic E-state index is 0.0232. The fourth-order valence-electron chi connectivity index (χ4n) is 3.09. The minimum atomic E-state index is -0.321. The maximum Gasteiger partial charge on any atom is 0.256 e. The second kappa shape index (κ2) is 4.77. The average molecular weight is 287 g/mol. The van der Waals surface area contributed by atoms with Gasteiger partial charge in [0.15, 0.2) is 0 Å². The summed E-state index contributed by atoms with van der Waals surface area (Å²) < 4.78 is 5.86. The lowest BCUT2D eigenvalue weighted by molar-refractivity contribution is -0.118. The van der Waals surface area contributed by atoms with Crippen LogP contribution in [0.2, 0.25) is 0 Å². The van der Waals surface area contributed by atoms with Gasteiger partial charge in [-0.15, -0.1) is 0 Å². The molecule has 1 aromatic heterocycles. The number of nitrogens with one attached hydrogen (secondary N) is 1. The standard InChI is InChI=1S/C16H21N3O2/c1-10-8-19(9-16(2,3)21-10)15(20)13-7-18-14-5-4-11(17)6-12(13)14/h4-7,10,18H,8-9,17H2,1-3H3. The van der Waals surface area contributed by atoms with Crippen LogP contribution in [0.5, 0.6) is 0 Å². The predicted octanol–water partition coefficient (Wildman–Crippen LogP) is 2.39. The number of carbonyl (C=O) groups is 1. The Labute approximate surface area is 124 Å². The van der Waals surface area contributed by atoms with E-state index in [4.69, 9.17) is 10.5 Å². The average Bonchev–Trinajstić information content (AvgIpc) is 2.78. The van der Waals surface area contributed by atoms with Gasteiger partial charge in [-0.3, -0.25) is 4.79 Å². The number of morpholine rings is 1. The highest BCUT2D eigenvalue weighted by atomic mass is 16.5. The Morgan fingerprint density at radius 1 is 1.48 bits per heavy atom. The second-order valence-corrected chi connectivity index (χ2v) is 6.38. The third kappa shape index (κ3) is 2.61. The number of rotatable bonds is 1. The number of amides is 1. The Kier molecular flexibility index (Phi) is 3.17. The number of anilines is 1. The van der Waals surface area contributed by atoms with E-state index >= 15 is 0 Å². The van der Waals surface area contributed by atoms with Gasteiger partial charge in [-0.1, -0.05) is 0 Å². The molecule has 0 radical (unpaired) electrons. The fraction of sp³-hybridized carbons (Fsp3) is 0.438. The highest BCUT2D eigenvalue weighted by Gasteiger charge is 2.34. The highest BCUT2D eigenvalue weighted by Crippen LogP contribution is 2.26. The molecule has 112 valence electrons. The number of nitrogens with zero attached hydrogens (tertiary/aromatic N) is 1. The molecule has 0 spiro atoms. The van der Waals surface area contributed by atoms with Gasteiger partial charge in [0.1, 0.15) is 0 Å². The number of nitrogens with two attached hydrogens (primary N) is 1. The molecule has 1 aromatic carbocycles. The van der Waals surface area contributed by atoms with Crippen molar-refractivity contribution in [3.05, 3.63) is 30.0 Å². The number of nitrogen functional groups attached to an aromatic ring is 1. The van der Waals surface area contributed by atoms with E-state index in [1.807, 2.05) is 43.9 Å². The molecule has 1 fully saturated rings. The molecular formula is C16H21N3O2. The first-order valence-corrected chi connectivity index (χ1v) is 7.19. The van der Waals surface area contributed by atoms with Crippen molar-refractivity contribution in [3.8, 4) is 0 Å². The summed E-state index contributed by atoms with van der Waals surface area (Å²) in [5.41, 5.74) is 7.77. The van der Waals surface area contributed by atoms with Crippen molar-refractivity contribution in [1.82, 2.24) is 9.88 Å². The molecular weight excluding hydrogens is 266 g/mol. The van der Waals surface area contributed by atoms with Crippen LogP contribution >= 0.6 is 0 Å². The van der Waals surface area contributed by atoms with Crippen LogP contribution in [0, 0.1) is 0 Å². The third-order valence-electron chi connectivity index (χ3n) is 3.79. The van der Waals surface area contributed by atoms with Crippen molar-refractivity contribution in [1.29, 1.82) is 0 Å². The van der Waals surface area contributed by atoms with Crippen molar-refractivity contribution < 1.29 is 9.53 Å². The monoisotopic (exact) mass is 287 g/mol. The van der Waals surface area contributed by atoms with Crippen molar-refractivity contribution in [2.24, 2.45) is 0 Å². The quantitative estimate of drug-likeness (QED) is 0.791. The smallest absolute Gasteiger partial charge is 0.256 e. The zero-order valence-corrected chi connectivity index (χ0v) is 12.6. The first kappa shape index (κ1) is 13.9. The normalized spacial score (nSPS) is 21.7. The van der Waals surface area contributed by atoms with Gasteiger partial charge in [0.2, 0.25) is 0 Å². The number of carbonyl (C=O) groups excluding carboxylic acids is 1. The van der Waals surface area contributed by atoms with Crippen LogP contribution in [0.15, 0.2) is 24.4 Å². The van der Waals surface area contributed by atoms with Crippen molar-refractivity contribution >= 4 is 22.5 Å². The summed E-state index contributed by atoms with van der Waals surface area (Å²) >= 11 is 0. The van der Waals surface area contributed by atoms with Crippen LogP contribution in [0.25, 0.3) is 10.9 Å².